The number of rotatable bonds is 5. The largest absolute Gasteiger partial charge is 0.392 e. The number of benzene rings is 1. The summed E-state index contributed by atoms with van der Waals surface area (Å²) in [5.41, 5.74) is 1.52. The number of sulfonamides is 1. The monoisotopic (exact) mass is 283 g/mol. The quantitative estimate of drug-likeness (QED) is 0.866. The molecule has 0 radical (unpaired) electrons. The molecule has 1 aromatic rings. The summed E-state index contributed by atoms with van der Waals surface area (Å²) < 4.78 is 27.2. The molecular formula is C14H21NO3S. The Balaban J connectivity index is 2.16. The van der Waals surface area contributed by atoms with Crippen molar-refractivity contribution in [2.75, 3.05) is 6.54 Å². The van der Waals surface area contributed by atoms with E-state index in [9.17, 15) is 13.5 Å². The predicted octanol–water partition coefficient (Wildman–Crippen LogP) is 1.81. The highest BCUT2D eigenvalue weighted by Gasteiger charge is 2.45. The molecule has 19 heavy (non-hydrogen) atoms. The fourth-order valence-electron chi connectivity index (χ4n) is 2.33. The zero-order chi connectivity index (χ0) is 14.3. The summed E-state index contributed by atoms with van der Waals surface area (Å²) >= 11 is 0. The van der Waals surface area contributed by atoms with Gasteiger partial charge in [-0.1, -0.05) is 26.0 Å². The molecular weight excluding hydrogens is 262 g/mol. The zero-order valence-corrected chi connectivity index (χ0v) is 12.4. The van der Waals surface area contributed by atoms with Crippen molar-refractivity contribution in [2.45, 2.75) is 38.7 Å². The first-order chi connectivity index (χ1) is 8.78. The van der Waals surface area contributed by atoms with Crippen LogP contribution in [-0.4, -0.2) is 20.1 Å². The van der Waals surface area contributed by atoms with E-state index in [0.717, 1.165) is 6.42 Å². The van der Waals surface area contributed by atoms with Crippen LogP contribution in [0.1, 0.15) is 31.4 Å². The molecule has 0 aliphatic heterocycles. The Labute approximate surface area is 114 Å². The molecule has 1 aliphatic rings. The summed E-state index contributed by atoms with van der Waals surface area (Å²) in [5.74, 6) is 0.420. The lowest BCUT2D eigenvalue weighted by molar-refractivity contribution is 0.280. The highest BCUT2D eigenvalue weighted by atomic mass is 32.2. The summed E-state index contributed by atoms with van der Waals surface area (Å²) in [5, 5.41) is 9.19. The molecule has 1 aromatic carbocycles. The second kappa shape index (κ2) is 4.89. The Hall–Kier alpha value is -0.910. The number of hydrogen-bond acceptors (Lipinski definition) is 3. The highest BCUT2D eigenvalue weighted by molar-refractivity contribution is 7.89. The van der Waals surface area contributed by atoms with E-state index >= 15 is 0 Å². The standard InChI is InChI=1S/C14H21NO3S/c1-10-11(9-16)5-4-6-13(10)19(17,18)15-8-12-7-14(12,2)3/h4-6,12,15-16H,7-9H2,1-3H3. The van der Waals surface area contributed by atoms with E-state index in [1.807, 2.05) is 0 Å². The van der Waals surface area contributed by atoms with Crippen molar-refractivity contribution in [3.8, 4) is 0 Å². The van der Waals surface area contributed by atoms with Crippen molar-refractivity contribution in [2.24, 2.45) is 11.3 Å². The second-order valence-electron chi connectivity index (χ2n) is 5.94. The van der Waals surface area contributed by atoms with Gasteiger partial charge in [0.25, 0.3) is 0 Å². The van der Waals surface area contributed by atoms with Crippen LogP contribution in [-0.2, 0) is 16.6 Å². The van der Waals surface area contributed by atoms with Crippen molar-refractivity contribution in [1.82, 2.24) is 4.72 Å². The predicted molar refractivity (Wildman–Crippen MR) is 74.2 cm³/mol. The molecule has 0 heterocycles. The fourth-order valence-corrected chi connectivity index (χ4v) is 3.70. The molecule has 1 saturated carbocycles. The lowest BCUT2D eigenvalue weighted by Gasteiger charge is -2.12. The molecule has 0 aromatic heterocycles. The zero-order valence-electron chi connectivity index (χ0n) is 11.6. The molecule has 1 aliphatic carbocycles. The molecule has 2 rings (SSSR count). The fraction of sp³-hybridized carbons (Fsp3) is 0.571. The minimum Gasteiger partial charge on any atom is -0.392 e. The Morgan fingerprint density at radius 2 is 2.05 bits per heavy atom. The van der Waals surface area contributed by atoms with Gasteiger partial charge in [0.15, 0.2) is 0 Å². The van der Waals surface area contributed by atoms with Gasteiger partial charge in [-0.3, -0.25) is 0 Å². The van der Waals surface area contributed by atoms with E-state index in [-0.39, 0.29) is 16.9 Å². The van der Waals surface area contributed by atoms with Crippen LogP contribution in [0.4, 0.5) is 0 Å². The van der Waals surface area contributed by atoms with Gasteiger partial charge in [-0.15, -0.1) is 0 Å². The van der Waals surface area contributed by atoms with E-state index in [4.69, 9.17) is 0 Å². The summed E-state index contributed by atoms with van der Waals surface area (Å²) in [7, 11) is -3.49. The average molecular weight is 283 g/mol. The van der Waals surface area contributed by atoms with Crippen LogP contribution in [0.3, 0.4) is 0 Å². The van der Waals surface area contributed by atoms with Crippen LogP contribution in [0.25, 0.3) is 0 Å². The van der Waals surface area contributed by atoms with E-state index in [2.05, 4.69) is 18.6 Å². The minimum absolute atomic E-state index is 0.148. The second-order valence-corrected chi connectivity index (χ2v) is 7.68. The van der Waals surface area contributed by atoms with Gasteiger partial charge >= 0.3 is 0 Å². The third-order valence-corrected chi connectivity index (χ3v) is 5.66. The molecule has 0 amide bonds. The van der Waals surface area contributed by atoms with E-state index < -0.39 is 10.0 Å². The smallest absolute Gasteiger partial charge is 0.240 e. The lowest BCUT2D eigenvalue weighted by Crippen LogP contribution is -2.27. The van der Waals surface area contributed by atoms with E-state index in [0.29, 0.717) is 23.6 Å². The topological polar surface area (TPSA) is 66.4 Å². The SMILES string of the molecule is Cc1c(CO)cccc1S(=O)(=O)NCC1CC1(C)C. The van der Waals surface area contributed by atoms with Gasteiger partial charge in [-0.05, 0) is 41.9 Å². The molecule has 1 unspecified atom stereocenters. The van der Waals surface area contributed by atoms with Gasteiger partial charge in [0, 0.05) is 6.54 Å². The molecule has 5 heteroatoms. The van der Waals surface area contributed by atoms with E-state index in [1.54, 1.807) is 25.1 Å². The average Bonchev–Trinajstić information content (AvgIpc) is 2.95. The summed E-state index contributed by atoms with van der Waals surface area (Å²) in [6.45, 7) is 6.34. The number of nitrogens with one attached hydrogen (secondary N) is 1. The van der Waals surface area contributed by atoms with Crippen LogP contribution in [0.15, 0.2) is 23.1 Å². The van der Waals surface area contributed by atoms with Crippen LogP contribution in [0.2, 0.25) is 0 Å². The maximum Gasteiger partial charge on any atom is 0.240 e. The van der Waals surface area contributed by atoms with Crippen molar-refractivity contribution in [3.63, 3.8) is 0 Å². The highest BCUT2D eigenvalue weighted by Crippen LogP contribution is 2.51. The Kier molecular flexibility index (Phi) is 3.73. The Morgan fingerprint density at radius 3 is 2.58 bits per heavy atom. The third kappa shape index (κ3) is 2.99. The molecule has 2 N–H and O–H groups in total. The molecule has 106 valence electrons. The van der Waals surface area contributed by atoms with Gasteiger partial charge in [0.1, 0.15) is 0 Å². The van der Waals surface area contributed by atoms with Gasteiger partial charge in [0.05, 0.1) is 11.5 Å². The van der Waals surface area contributed by atoms with Gasteiger partial charge in [-0.25, -0.2) is 13.1 Å². The first-order valence-corrected chi connectivity index (χ1v) is 7.95. The van der Waals surface area contributed by atoms with E-state index in [1.165, 1.54) is 0 Å². The van der Waals surface area contributed by atoms with Crippen LogP contribution in [0, 0.1) is 18.3 Å². The van der Waals surface area contributed by atoms with Crippen molar-refractivity contribution >= 4 is 10.0 Å². The van der Waals surface area contributed by atoms with Gasteiger partial charge in [0.2, 0.25) is 10.0 Å². The number of aliphatic hydroxyl groups excluding tert-OH is 1. The molecule has 1 atom stereocenters. The van der Waals surface area contributed by atoms with Crippen molar-refractivity contribution < 1.29 is 13.5 Å². The third-order valence-electron chi connectivity index (χ3n) is 4.09. The number of aliphatic hydroxyl groups is 1. The van der Waals surface area contributed by atoms with Crippen LogP contribution < -0.4 is 4.72 Å². The van der Waals surface area contributed by atoms with Crippen molar-refractivity contribution in [3.05, 3.63) is 29.3 Å². The first-order valence-electron chi connectivity index (χ1n) is 6.47. The summed E-state index contributed by atoms with van der Waals surface area (Å²) in [6, 6.07) is 4.97. The van der Waals surface area contributed by atoms with Crippen LogP contribution >= 0.6 is 0 Å². The lowest BCUT2D eigenvalue weighted by atomic mass is 10.1. The normalized spacial score (nSPS) is 21.4. The number of hydrogen-bond donors (Lipinski definition) is 2. The summed E-state index contributed by atoms with van der Waals surface area (Å²) in [4.78, 5) is 0.262. The summed E-state index contributed by atoms with van der Waals surface area (Å²) in [6.07, 6.45) is 1.06. The van der Waals surface area contributed by atoms with Crippen molar-refractivity contribution in [1.29, 1.82) is 0 Å². The molecule has 4 nitrogen and oxygen atoms in total. The Bertz CT molecular complexity index is 578. The molecule has 0 bridgehead atoms. The molecule has 1 fully saturated rings. The minimum atomic E-state index is -3.49. The maximum absolute atomic E-state index is 12.3. The van der Waals surface area contributed by atoms with Crippen LogP contribution in [0.5, 0.6) is 0 Å². The maximum atomic E-state index is 12.3. The molecule has 0 spiro atoms. The first kappa shape index (κ1) is 14.5. The van der Waals surface area contributed by atoms with Gasteiger partial charge in [-0.2, -0.15) is 0 Å². The molecule has 0 saturated heterocycles. The Morgan fingerprint density at radius 1 is 1.42 bits per heavy atom. The van der Waals surface area contributed by atoms with Gasteiger partial charge < -0.3 is 5.11 Å².